The van der Waals surface area contributed by atoms with Gasteiger partial charge in [-0.1, -0.05) is 24.3 Å². The van der Waals surface area contributed by atoms with E-state index in [2.05, 4.69) is 18.1 Å². The van der Waals surface area contributed by atoms with Crippen LogP contribution in [0, 0.1) is 12.3 Å². The number of aliphatic hydroxyl groups is 1. The summed E-state index contributed by atoms with van der Waals surface area (Å²) in [5, 5.41) is 10.4. The van der Waals surface area contributed by atoms with Crippen LogP contribution in [0.15, 0.2) is 24.3 Å². The summed E-state index contributed by atoms with van der Waals surface area (Å²) in [6, 6.07) is 8.28. The van der Waals surface area contributed by atoms with E-state index >= 15 is 0 Å². The van der Waals surface area contributed by atoms with Crippen LogP contribution in [0.3, 0.4) is 0 Å². The quantitative estimate of drug-likeness (QED) is 0.586. The molecule has 1 aromatic carbocycles. The first kappa shape index (κ1) is 10.3. The van der Waals surface area contributed by atoms with E-state index in [4.69, 9.17) is 6.42 Å². The number of rotatable bonds is 3. The van der Waals surface area contributed by atoms with Gasteiger partial charge < -0.3 is 5.11 Å². The lowest BCUT2D eigenvalue weighted by atomic mass is 9.93. The number of hydrogen-bond donors (Lipinski definition) is 1. The lowest BCUT2D eigenvalue weighted by Gasteiger charge is -2.21. The van der Waals surface area contributed by atoms with Gasteiger partial charge in [0.25, 0.3) is 0 Å². The van der Waals surface area contributed by atoms with Crippen molar-refractivity contribution >= 4 is 0 Å². The molecule has 0 unspecified atom stereocenters. The summed E-state index contributed by atoms with van der Waals surface area (Å²) < 4.78 is 0. The van der Waals surface area contributed by atoms with E-state index in [1.54, 1.807) is 0 Å². The topological polar surface area (TPSA) is 20.2 Å². The van der Waals surface area contributed by atoms with Gasteiger partial charge in [-0.25, -0.2) is 0 Å². The molecule has 0 bridgehead atoms. The minimum absolute atomic E-state index is 0.541. The second-order valence-electron chi connectivity index (χ2n) is 4.40. The van der Waals surface area contributed by atoms with Crippen molar-refractivity contribution in [3.8, 4) is 12.3 Å². The third-order valence-electron chi connectivity index (χ3n) is 3.12. The van der Waals surface area contributed by atoms with Crippen LogP contribution in [-0.2, 0) is 12.8 Å². The zero-order chi connectivity index (χ0) is 10.7. The summed E-state index contributed by atoms with van der Waals surface area (Å²) in [7, 11) is 0. The molecule has 1 aliphatic rings. The molecule has 0 saturated heterocycles. The molecule has 0 fully saturated rings. The Bertz CT molecular complexity index is 362. The van der Waals surface area contributed by atoms with E-state index in [-0.39, 0.29) is 0 Å². The molecule has 1 aliphatic carbocycles. The van der Waals surface area contributed by atoms with E-state index in [0.717, 1.165) is 32.1 Å². The summed E-state index contributed by atoms with van der Waals surface area (Å²) in [6.45, 7) is 0. The molecule has 0 saturated carbocycles. The Balaban J connectivity index is 2.02. The molecule has 0 amide bonds. The molecular formula is C14H16O. The first-order chi connectivity index (χ1) is 7.23. The van der Waals surface area contributed by atoms with Gasteiger partial charge in [-0.05, 0) is 24.0 Å². The molecule has 0 atom stereocenters. The minimum Gasteiger partial charge on any atom is -0.389 e. The number of hydrogen-bond acceptors (Lipinski definition) is 1. The highest BCUT2D eigenvalue weighted by molar-refractivity contribution is 5.35. The Morgan fingerprint density at radius 2 is 1.87 bits per heavy atom. The predicted molar refractivity (Wildman–Crippen MR) is 61.5 cm³/mol. The maximum absolute atomic E-state index is 10.4. The van der Waals surface area contributed by atoms with Crippen LogP contribution in [0.5, 0.6) is 0 Å². The molecule has 1 nitrogen and oxygen atoms in total. The van der Waals surface area contributed by atoms with Gasteiger partial charge in [-0.3, -0.25) is 0 Å². The summed E-state index contributed by atoms with van der Waals surface area (Å²) >= 11 is 0. The van der Waals surface area contributed by atoms with E-state index in [0.29, 0.717) is 0 Å². The van der Waals surface area contributed by atoms with Crippen molar-refractivity contribution in [3.05, 3.63) is 35.4 Å². The van der Waals surface area contributed by atoms with E-state index in [9.17, 15) is 5.11 Å². The number of unbranched alkanes of at least 4 members (excludes halogenated alkanes) is 1. The van der Waals surface area contributed by atoms with Gasteiger partial charge in [0.05, 0.1) is 5.60 Å². The fraction of sp³-hybridized carbons (Fsp3) is 0.429. The normalized spacial score (nSPS) is 17.1. The maximum Gasteiger partial charge on any atom is 0.0728 e. The Kier molecular flexibility index (Phi) is 2.79. The van der Waals surface area contributed by atoms with E-state index in [1.807, 2.05) is 12.1 Å². The average Bonchev–Trinajstić information content (AvgIpc) is 2.54. The zero-order valence-electron chi connectivity index (χ0n) is 8.87. The highest BCUT2D eigenvalue weighted by Gasteiger charge is 2.33. The Hall–Kier alpha value is -1.26. The molecule has 15 heavy (non-hydrogen) atoms. The molecule has 1 heteroatoms. The molecule has 0 heterocycles. The third kappa shape index (κ3) is 2.22. The van der Waals surface area contributed by atoms with Crippen LogP contribution in [-0.4, -0.2) is 10.7 Å². The highest BCUT2D eigenvalue weighted by Crippen LogP contribution is 2.33. The van der Waals surface area contributed by atoms with Crippen LogP contribution >= 0.6 is 0 Å². The monoisotopic (exact) mass is 200 g/mol. The lowest BCUT2D eigenvalue weighted by Crippen LogP contribution is -2.28. The SMILES string of the molecule is C#CCCCC1(O)Cc2ccccc2C1. The zero-order valence-corrected chi connectivity index (χ0v) is 8.87. The van der Waals surface area contributed by atoms with Gasteiger partial charge in [-0.15, -0.1) is 12.3 Å². The second-order valence-corrected chi connectivity index (χ2v) is 4.40. The molecule has 2 rings (SSSR count). The molecular weight excluding hydrogens is 184 g/mol. The second kappa shape index (κ2) is 4.08. The lowest BCUT2D eigenvalue weighted by molar-refractivity contribution is 0.0407. The van der Waals surface area contributed by atoms with Crippen molar-refractivity contribution in [2.24, 2.45) is 0 Å². The van der Waals surface area contributed by atoms with Crippen molar-refractivity contribution in [1.82, 2.24) is 0 Å². The maximum atomic E-state index is 10.4. The van der Waals surface area contributed by atoms with Gasteiger partial charge in [0.2, 0.25) is 0 Å². The summed E-state index contributed by atoms with van der Waals surface area (Å²) in [4.78, 5) is 0. The van der Waals surface area contributed by atoms with Gasteiger partial charge in [0.15, 0.2) is 0 Å². The minimum atomic E-state index is -0.541. The summed E-state index contributed by atoms with van der Waals surface area (Å²) in [5.74, 6) is 2.62. The van der Waals surface area contributed by atoms with Crippen molar-refractivity contribution in [2.45, 2.75) is 37.7 Å². The van der Waals surface area contributed by atoms with Gasteiger partial charge in [-0.2, -0.15) is 0 Å². The Morgan fingerprint density at radius 1 is 1.27 bits per heavy atom. The van der Waals surface area contributed by atoms with Crippen molar-refractivity contribution in [2.75, 3.05) is 0 Å². The van der Waals surface area contributed by atoms with Crippen molar-refractivity contribution < 1.29 is 5.11 Å². The average molecular weight is 200 g/mol. The van der Waals surface area contributed by atoms with Crippen molar-refractivity contribution in [1.29, 1.82) is 0 Å². The highest BCUT2D eigenvalue weighted by atomic mass is 16.3. The summed E-state index contributed by atoms with van der Waals surface area (Å²) in [5.41, 5.74) is 2.04. The number of benzene rings is 1. The van der Waals surface area contributed by atoms with Gasteiger partial charge >= 0.3 is 0 Å². The molecule has 0 aromatic heterocycles. The standard InChI is InChI=1S/C14H16O/c1-2-3-6-9-14(15)10-12-7-4-5-8-13(12)11-14/h1,4-5,7-8,15H,3,6,9-11H2. The van der Waals surface area contributed by atoms with Crippen molar-refractivity contribution in [3.63, 3.8) is 0 Å². The van der Waals surface area contributed by atoms with Crippen LogP contribution < -0.4 is 0 Å². The van der Waals surface area contributed by atoms with Crippen LogP contribution in [0.4, 0.5) is 0 Å². The van der Waals surface area contributed by atoms with E-state index < -0.39 is 5.60 Å². The molecule has 1 N–H and O–H groups in total. The first-order valence-electron chi connectivity index (χ1n) is 5.46. The molecule has 0 spiro atoms. The third-order valence-corrected chi connectivity index (χ3v) is 3.12. The molecule has 0 aliphatic heterocycles. The largest absolute Gasteiger partial charge is 0.389 e. The fourth-order valence-electron chi connectivity index (χ4n) is 2.37. The predicted octanol–water partition coefficient (Wildman–Crippen LogP) is 2.32. The molecule has 78 valence electrons. The smallest absolute Gasteiger partial charge is 0.0728 e. The van der Waals surface area contributed by atoms with Crippen LogP contribution in [0.25, 0.3) is 0 Å². The van der Waals surface area contributed by atoms with Gasteiger partial charge in [0, 0.05) is 19.3 Å². The first-order valence-corrected chi connectivity index (χ1v) is 5.46. The molecule has 1 aromatic rings. The Morgan fingerprint density at radius 3 is 2.40 bits per heavy atom. The Labute approximate surface area is 91.1 Å². The molecule has 0 radical (unpaired) electrons. The summed E-state index contributed by atoms with van der Waals surface area (Å²) in [6.07, 6.45) is 9.27. The number of fused-ring (bicyclic) bond motifs is 1. The van der Waals surface area contributed by atoms with E-state index in [1.165, 1.54) is 11.1 Å². The van der Waals surface area contributed by atoms with Crippen LogP contribution in [0.1, 0.15) is 30.4 Å². The fourth-order valence-corrected chi connectivity index (χ4v) is 2.37. The number of terminal acetylenes is 1. The van der Waals surface area contributed by atoms with Gasteiger partial charge in [0.1, 0.15) is 0 Å². The van der Waals surface area contributed by atoms with Crippen LogP contribution in [0.2, 0.25) is 0 Å².